The number of carbonyl (C=O) groups is 1. The molecule has 0 saturated carbocycles. The molecular weight excluding hydrogens is 278 g/mol. The number of pyridine rings is 1. The van der Waals surface area contributed by atoms with Crippen LogP contribution in [0, 0.1) is 10.1 Å². The van der Waals surface area contributed by atoms with Crippen molar-refractivity contribution in [2.45, 2.75) is 13.0 Å². The van der Waals surface area contributed by atoms with Crippen LogP contribution in [-0.4, -0.2) is 53.1 Å². The number of nitrogen functional groups attached to an aromatic ring is 1. The lowest BCUT2D eigenvalue weighted by atomic mass is 10.2. The molecule has 1 aliphatic rings. The number of aromatic nitrogens is 1. The second-order valence-electron chi connectivity index (χ2n) is 4.66. The highest BCUT2D eigenvalue weighted by Crippen LogP contribution is 2.23. The van der Waals surface area contributed by atoms with Crippen molar-refractivity contribution in [3.63, 3.8) is 0 Å². The molecule has 9 nitrogen and oxygen atoms in total. The Kier molecular flexibility index (Phi) is 4.53. The van der Waals surface area contributed by atoms with Gasteiger partial charge in [-0.05, 0) is 13.0 Å². The molecule has 114 valence electrons. The highest BCUT2D eigenvalue weighted by Gasteiger charge is 2.25. The van der Waals surface area contributed by atoms with Gasteiger partial charge in [-0.1, -0.05) is 0 Å². The zero-order chi connectivity index (χ0) is 15.4. The van der Waals surface area contributed by atoms with Gasteiger partial charge in [-0.15, -0.1) is 0 Å². The van der Waals surface area contributed by atoms with Gasteiger partial charge in [0, 0.05) is 19.2 Å². The number of nitrogens with two attached hydrogens (primary N) is 1. The number of hydrogen-bond donors (Lipinski definition) is 2. The molecule has 1 fully saturated rings. The van der Waals surface area contributed by atoms with Gasteiger partial charge in [0.15, 0.2) is 0 Å². The molecule has 1 aliphatic heterocycles. The van der Waals surface area contributed by atoms with Crippen LogP contribution in [0.1, 0.15) is 6.92 Å². The number of rotatable bonds is 4. The van der Waals surface area contributed by atoms with E-state index < -0.39 is 11.0 Å². The maximum atomic E-state index is 12.2. The minimum atomic E-state index is -0.643. The van der Waals surface area contributed by atoms with E-state index in [0.717, 1.165) is 0 Å². The maximum Gasteiger partial charge on any atom is 0.311 e. The normalized spacial score (nSPS) is 16.3. The number of carbonyl (C=O) groups excluding carboxylic acids is 1. The number of nitrogens with one attached hydrogen (secondary N) is 1. The van der Waals surface area contributed by atoms with Gasteiger partial charge in [0.05, 0.1) is 18.1 Å². The lowest BCUT2D eigenvalue weighted by Crippen LogP contribution is -2.47. The van der Waals surface area contributed by atoms with Crippen molar-refractivity contribution in [1.82, 2.24) is 9.88 Å². The fourth-order valence-corrected chi connectivity index (χ4v) is 2.04. The number of nitro groups is 1. The minimum Gasteiger partial charge on any atom is -0.384 e. The van der Waals surface area contributed by atoms with Gasteiger partial charge in [0.25, 0.3) is 0 Å². The zero-order valence-electron chi connectivity index (χ0n) is 11.6. The summed E-state index contributed by atoms with van der Waals surface area (Å²) in [4.78, 5) is 28.2. The summed E-state index contributed by atoms with van der Waals surface area (Å²) in [5.41, 5.74) is 5.32. The first-order valence-corrected chi connectivity index (χ1v) is 6.53. The van der Waals surface area contributed by atoms with E-state index in [-0.39, 0.29) is 23.2 Å². The summed E-state index contributed by atoms with van der Waals surface area (Å²) >= 11 is 0. The Labute approximate surface area is 121 Å². The molecule has 2 heterocycles. The van der Waals surface area contributed by atoms with Gasteiger partial charge >= 0.3 is 5.69 Å². The van der Waals surface area contributed by atoms with Crippen LogP contribution in [0.5, 0.6) is 0 Å². The lowest BCUT2D eigenvalue weighted by molar-refractivity contribution is -0.384. The summed E-state index contributed by atoms with van der Waals surface area (Å²) < 4.78 is 5.18. The Bertz CT molecular complexity index is 544. The van der Waals surface area contributed by atoms with E-state index in [4.69, 9.17) is 10.5 Å². The van der Waals surface area contributed by atoms with Gasteiger partial charge in [0.2, 0.25) is 11.7 Å². The molecular formula is C12H17N5O4. The Morgan fingerprint density at radius 1 is 1.52 bits per heavy atom. The van der Waals surface area contributed by atoms with E-state index in [1.807, 2.05) is 0 Å². The first kappa shape index (κ1) is 15.0. The van der Waals surface area contributed by atoms with Crippen molar-refractivity contribution in [3.05, 3.63) is 22.2 Å². The molecule has 0 spiro atoms. The van der Waals surface area contributed by atoms with E-state index in [9.17, 15) is 14.9 Å². The van der Waals surface area contributed by atoms with Gasteiger partial charge in [0.1, 0.15) is 11.9 Å². The molecule has 0 aliphatic carbocycles. The van der Waals surface area contributed by atoms with Gasteiger partial charge in [-0.3, -0.25) is 14.9 Å². The van der Waals surface area contributed by atoms with Crippen molar-refractivity contribution >= 4 is 23.2 Å². The van der Waals surface area contributed by atoms with Crippen molar-refractivity contribution in [1.29, 1.82) is 0 Å². The summed E-state index contributed by atoms with van der Waals surface area (Å²) in [5.74, 6) is -0.0138. The second kappa shape index (κ2) is 6.35. The molecule has 1 aromatic rings. The van der Waals surface area contributed by atoms with E-state index >= 15 is 0 Å². The summed E-state index contributed by atoms with van der Waals surface area (Å²) in [5, 5.41) is 13.7. The number of amides is 1. The molecule has 3 N–H and O–H groups in total. The molecule has 0 bridgehead atoms. The molecule has 2 rings (SSSR count). The average Bonchev–Trinajstić information content (AvgIpc) is 2.47. The molecule has 1 amide bonds. The molecule has 0 aromatic carbocycles. The van der Waals surface area contributed by atoms with Gasteiger partial charge in [-0.2, -0.15) is 0 Å². The van der Waals surface area contributed by atoms with Crippen molar-refractivity contribution in [3.8, 4) is 0 Å². The quantitative estimate of drug-likeness (QED) is 0.602. The molecule has 9 heteroatoms. The average molecular weight is 295 g/mol. The number of anilines is 2. The predicted octanol–water partition coefficient (Wildman–Crippen LogP) is 0.231. The van der Waals surface area contributed by atoms with E-state index in [1.54, 1.807) is 11.8 Å². The van der Waals surface area contributed by atoms with E-state index in [0.29, 0.717) is 26.3 Å². The highest BCUT2D eigenvalue weighted by molar-refractivity contribution is 5.84. The standard InChI is InChI=1S/C12H17N5O4/c1-8(12(18)16-4-6-21-7-5-16)14-11-9(17(19)20)2-3-10(13)15-11/h2-3,8H,4-7H2,1H3,(H3,13,14,15). The highest BCUT2D eigenvalue weighted by atomic mass is 16.6. The first-order valence-electron chi connectivity index (χ1n) is 6.53. The predicted molar refractivity (Wildman–Crippen MR) is 75.8 cm³/mol. The molecule has 21 heavy (non-hydrogen) atoms. The maximum absolute atomic E-state index is 12.2. The summed E-state index contributed by atoms with van der Waals surface area (Å²) in [6, 6.07) is 1.96. The molecule has 1 unspecified atom stereocenters. The van der Waals surface area contributed by atoms with Gasteiger partial charge in [-0.25, -0.2) is 4.98 Å². The van der Waals surface area contributed by atoms with Crippen molar-refractivity contribution in [2.75, 3.05) is 37.4 Å². The topological polar surface area (TPSA) is 124 Å². The van der Waals surface area contributed by atoms with Crippen LogP contribution in [0.2, 0.25) is 0 Å². The van der Waals surface area contributed by atoms with E-state index in [1.165, 1.54) is 12.1 Å². The third kappa shape index (κ3) is 3.57. The van der Waals surface area contributed by atoms with Crippen molar-refractivity contribution < 1.29 is 14.5 Å². The number of hydrogen-bond acceptors (Lipinski definition) is 7. The Hall–Kier alpha value is -2.42. The number of nitrogens with zero attached hydrogens (tertiary/aromatic N) is 3. The van der Waals surface area contributed by atoms with Crippen LogP contribution in [-0.2, 0) is 9.53 Å². The lowest BCUT2D eigenvalue weighted by Gasteiger charge is -2.29. The third-order valence-corrected chi connectivity index (χ3v) is 3.14. The zero-order valence-corrected chi connectivity index (χ0v) is 11.6. The Morgan fingerprint density at radius 2 is 2.19 bits per heavy atom. The smallest absolute Gasteiger partial charge is 0.311 e. The number of ether oxygens (including phenoxy) is 1. The third-order valence-electron chi connectivity index (χ3n) is 3.14. The van der Waals surface area contributed by atoms with Crippen LogP contribution in [0.4, 0.5) is 17.3 Å². The SMILES string of the molecule is CC(Nc1nc(N)ccc1[N+](=O)[O-])C(=O)N1CCOCC1. The molecule has 1 saturated heterocycles. The Morgan fingerprint density at radius 3 is 2.81 bits per heavy atom. The summed E-state index contributed by atoms with van der Waals surface area (Å²) in [6.07, 6.45) is 0. The first-order chi connectivity index (χ1) is 9.99. The van der Waals surface area contributed by atoms with Crippen LogP contribution in [0.25, 0.3) is 0 Å². The van der Waals surface area contributed by atoms with Gasteiger partial charge < -0.3 is 20.7 Å². The van der Waals surface area contributed by atoms with E-state index in [2.05, 4.69) is 10.3 Å². The Balaban J connectivity index is 2.11. The van der Waals surface area contributed by atoms with Crippen LogP contribution < -0.4 is 11.1 Å². The van der Waals surface area contributed by atoms with Crippen LogP contribution in [0.15, 0.2) is 12.1 Å². The van der Waals surface area contributed by atoms with Crippen molar-refractivity contribution in [2.24, 2.45) is 0 Å². The van der Waals surface area contributed by atoms with Crippen LogP contribution >= 0.6 is 0 Å². The fourth-order valence-electron chi connectivity index (χ4n) is 2.04. The molecule has 1 aromatic heterocycles. The second-order valence-corrected chi connectivity index (χ2v) is 4.66. The monoisotopic (exact) mass is 295 g/mol. The summed E-state index contributed by atoms with van der Waals surface area (Å²) in [6.45, 7) is 3.64. The minimum absolute atomic E-state index is 0.00545. The largest absolute Gasteiger partial charge is 0.384 e. The molecule has 1 atom stereocenters. The molecule has 0 radical (unpaired) electrons. The fraction of sp³-hybridized carbons (Fsp3) is 0.500. The summed E-state index contributed by atoms with van der Waals surface area (Å²) in [7, 11) is 0. The number of morpholine rings is 1. The van der Waals surface area contributed by atoms with Crippen LogP contribution in [0.3, 0.4) is 0 Å².